The van der Waals surface area contributed by atoms with Crippen LogP contribution in [-0.4, -0.2) is 18.3 Å². The summed E-state index contributed by atoms with van der Waals surface area (Å²) in [4.78, 5) is 0. The van der Waals surface area contributed by atoms with Crippen LogP contribution in [0.3, 0.4) is 0 Å². The fraction of sp³-hybridized carbons (Fsp3) is 0.538. The summed E-state index contributed by atoms with van der Waals surface area (Å²) in [7, 11) is 0. The second-order valence-corrected chi connectivity index (χ2v) is 4.29. The zero-order valence-corrected chi connectivity index (χ0v) is 10.1. The van der Waals surface area contributed by atoms with Crippen molar-refractivity contribution in [2.24, 2.45) is 5.73 Å². The largest absolute Gasteiger partial charge is 0.396 e. The SMILES string of the molecule is Cc1cc(C)c(C)c(C(CN)CO)c1C. The third-order valence-corrected chi connectivity index (χ3v) is 3.34. The fourth-order valence-corrected chi connectivity index (χ4v) is 2.14. The summed E-state index contributed by atoms with van der Waals surface area (Å²) in [6.45, 7) is 9.06. The van der Waals surface area contributed by atoms with Gasteiger partial charge in [-0.1, -0.05) is 6.07 Å². The van der Waals surface area contributed by atoms with Gasteiger partial charge >= 0.3 is 0 Å². The lowest BCUT2D eigenvalue weighted by molar-refractivity contribution is 0.267. The van der Waals surface area contributed by atoms with Crippen molar-refractivity contribution >= 4 is 0 Å². The van der Waals surface area contributed by atoms with Gasteiger partial charge in [0.05, 0.1) is 6.61 Å². The van der Waals surface area contributed by atoms with Gasteiger partial charge in [-0.25, -0.2) is 0 Å². The van der Waals surface area contributed by atoms with Crippen molar-refractivity contribution in [1.82, 2.24) is 0 Å². The number of hydrogen-bond acceptors (Lipinski definition) is 2. The Bertz CT molecular complexity index is 328. The molecule has 0 heterocycles. The van der Waals surface area contributed by atoms with Crippen molar-refractivity contribution < 1.29 is 5.11 Å². The van der Waals surface area contributed by atoms with Crippen molar-refractivity contribution in [3.63, 3.8) is 0 Å². The summed E-state index contributed by atoms with van der Waals surface area (Å²) in [5.74, 6) is 0.0728. The summed E-state index contributed by atoms with van der Waals surface area (Å²) >= 11 is 0. The maximum atomic E-state index is 9.33. The Balaban J connectivity index is 3.37. The molecule has 1 aromatic rings. The highest BCUT2D eigenvalue weighted by Crippen LogP contribution is 2.27. The molecule has 15 heavy (non-hydrogen) atoms. The van der Waals surface area contributed by atoms with Gasteiger partial charge in [-0.15, -0.1) is 0 Å². The summed E-state index contributed by atoms with van der Waals surface area (Å²) in [5.41, 5.74) is 12.0. The Hall–Kier alpha value is -0.860. The number of aryl methyl sites for hydroxylation is 2. The zero-order chi connectivity index (χ0) is 11.6. The van der Waals surface area contributed by atoms with E-state index in [4.69, 9.17) is 5.73 Å². The predicted octanol–water partition coefficient (Wildman–Crippen LogP) is 1.95. The maximum absolute atomic E-state index is 9.33. The van der Waals surface area contributed by atoms with E-state index in [1.165, 1.54) is 27.8 Å². The van der Waals surface area contributed by atoms with Crippen LogP contribution in [0.4, 0.5) is 0 Å². The first-order valence-electron chi connectivity index (χ1n) is 5.41. The number of benzene rings is 1. The van der Waals surface area contributed by atoms with Gasteiger partial charge in [0.25, 0.3) is 0 Å². The standard InChI is InChI=1S/C13H21NO/c1-8-5-9(2)11(4)13(10(8)3)12(6-14)7-15/h5,12,15H,6-7,14H2,1-4H3. The van der Waals surface area contributed by atoms with Crippen LogP contribution in [0.25, 0.3) is 0 Å². The molecule has 1 aromatic carbocycles. The second-order valence-electron chi connectivity index (χ2n) is 4.29. The Kier molecular flexibility index (Phi) is 3.89. The normalized spacial score (nSPS) is 12.9. The molecular formula is C13H21NO. The first-order valence-corrected chi connectivity index (χ1v) is 5.41. The number of hydrogen-bond donors (Lipinski definition) is 2. The Morgan fingerprint density at radius 2 is 1.60 bits per heavy atom. The topological polar surface area (TPSA) is 46.2 Å². The van der Waals surface area contributed by atoms with Crippen LogP contribution >= 0.6 is 0 Å². The highest BCUT2D eigenvalue weighted by Gasteiger charge is 2.16. The van der Waals surface area contributed by atoms with Crippen molar-refractivity contribution in [1.29, 1.82) is 0 Å². The van der Waals surface area contributed by atoms with Crippen LogP contribution in [0.1, 0.15) is 33.7 Å². The molecule has 2 heteroatoms. The average molecular weight is 207 g/mol. The van der Waals surface area contributed by atoms with Crippen LogP contribution in [0.5, 0.6) is 0 Å². The smallest absolute Gasteiger partial charge is 0.0512 e. The second kappa shape index (κ2) is 4.77. The number of aliphatic hydroxyl groups excluding tert-OH is 1. The molecule has 0 aliphatic rings. The Labute approximate surface area is 92.1 Å². The molecule has 3 N–H and O–H groups in total. The van der Waals surface area contributed by atoms with E-state index in [9.17, 15) is 5.11 Å². The highest BCUT2D eigenvalue weighted by molar-refractivity contribution is 5.46. The van der Waals surface area contributed by atoms with Crippen LogP contribution in [0.2, 0.25) is 0 Å². The lowest BCUT2D eigenvalue weighted by atomic mass is 9.86. The maximum Gasteiger partial charge on any atom is 0.0512 e. The molecule has 84 valence electrons. The Morgan fingerprint density at radius 3 is 1.93 bits per heavy atom. The molecule has 0 fully saturated rings. The van der Waals surface area contributed by atoms with Gasteiger partial charge in [-0.05, 0) is 55.5 Å². The predicted molar refractivity (Wildman–Crippen MR) is 64.3 cm³/mol. The molecular weight excluding hydrogens is 186 g/mol. The molecule has 2 nitrogen and oxygen atoms in total. The first kappa shape index (κ1) is 12.2. The van der Waals surface area contributed by atoms with Gasteiger partial charge in [0.15, 0.2) is 0 Å². The molecule has 0 spiro atoms. The molecule has 0 saturated heterocycles. The summed E-state index contributed by atoms with van der Waals surface area (Å²) < 4.78 is 0. The van der Waals surface area contributed by atoms with E-state index in [1.807, 2.05) is 0 Å². The van der Waals surface area contributed by atoms with Crippen LogP contribution < -0.4 is 5.73 Å². The molecule has 1 unspecified atom stereocenters. The molecule has 0 aromatic heterocycles. The van der Waals surface area contributed by atoms with E-state index in [1.54, 1.807) is 0 Å². The molecule has 0 amide bonds. The van der Waals surface area contributed by atoms with E-state index >= 15 is 0 Å². The first-order chi connectivity index (χ1) is 7.02. The van der Waals surface area contributed by atoms with E-state index in [0.29, 0.717) is 6.54 Å². The monoisotopic (exact) mass is 207 g/mol. The molecule has 0 bridgehead atoms. The van der Waals surface area contributed by atoms with Crippen molar-refractivity contribution in [3.8, 4) is 0 Å². The van der Waals surface area contributed by atoms with Crippen molar-refractivity contribution in [2.75, 3.05) is 13.2 Å². The van der Waals surface area contributed by atoms with Crippen LogP contribution in [0, 0.1) is 27.7 Å². The minimum atomic E-state index is 0.0728. The highest BCUT2D eigenvalue weighted by atomic mass is 16.3. The van der Waals surface area contributed by atoms with Crippen molar-refractivity contribution in [3.05, 3.63) is 33.9 Å². The minimum absolute atomic E-state index is 0.0728. The molecule has 0 aliphatic heterocycles. The average Bonchev–Trinajstić information content (AvgIpc) is 2.21. The van der Waals surface area contributed by atoms with Crippen molar-refractivity contribution in [2.45, 2.75) is 33.6 Å². The van der Waals surface area contributed by atoms with E-state index in [-0.39, 0.29) is 12.5 Å². The number of nitrogens with two attached hydrogens (primary N) is 1. The van der Waals surface area contributed by atoms with Crippen LogP contribution in [0.15, 0.2) is 6.07 Å². The lowest BCUT2D eigenvalue weighted by Gasteiger charge is -2.21. The van der Waals surface area contributed by atoms with E-state index in [0.717, 1.165) is 0 Å². The quantitative estimate of drug-likeness (QED) is 0.796. The van der Waals surface area contributed by atoms with Crippen LogP contribution in [-0.2, 0) is 0 Å². The molecule has 0 saturated carbocycles. The van der Waals surface area contributed by atoms with Gasteiger partial charge in [-0.2, -0.15) is 0 Å². The van der Waals surface area contributed by atoms with Gasteiger partial charge < -0.3 is 10.8 Å². The number of aliphatic hydroxyl groups is 1. The summed E-state index contributed by atoms with van der Waals surface area (Å²) in [6, 6.07) is 2.19. The third kappa shape index (κ3) is 2.21. The van der Waals surface area contributed by atoms with E-state index < -0.39 is 0 Å². The van der Waals surface area contributed by atoms with Gasteiger partial charge in [0.1, 0.15) is 0 Å². The third-order valence-electron chi connectivity index (χ3n) is 3.34. The lowest BCUT2D eigenvalue weighted by Crippen LogP contribution is -2.19. The van der Waals surface area contributed by atoms with Gasteiger partial charge in [-0.3, -0.25) is 0 Å². The zero-order valence-electron chi connectivity index (χ0n) is 10.1. The molecule has 1 rings (SSSR count). The van der Waals surface area contributed by atoms with Gasteiger partial charge in [0, 0.05) is 12.5 Å². The van der Waals surface area contributed by atoms with E-state index in [2.05, 4.69) is 33.8 Å². The fourth-order valence-electron chi connectivity index (χ4n) is 2.14. The minimum Gasteiger partial charge on any atom is -0.396 e. The summed E-state index contributed by atoms with van der Waals surface area (Å²) in [5, 5.41) is 9.33. The molecule has 1 atom stereocenters. The Morgan fingerprint density at radius 1 is 1.13 bits per heavy atom. The number of rotatable bonds is 3. The molecule has 0 aliphatic carbocycles. The molecule has 0 radical (unpaired) electrons. The van der Waals surface area contributed by atoms with Gasteiger partial charge in [0.2, 0.25) is 0 Å². The summed E-state index contributed by atoms with van der Waals surface area (Å²) in [6.07, 6.45) is 0.